The van der Waals surface area contributed by atoms with Crippen molar-refractivity contribution in [2.75, 3.05) is 13.2 Å². The Labute approximate surface area is 154 Å². The lowest BCUT2D eigenvalue weighted by Gasteiger charge is -2.09. The maximum absolute atomic E-state index is 12.2. The summed E-state index contributed by atoms with van der Waals surface area (Å²) in [6.07, 6.45) is 0.849. The SMILES string of the molecule is CCOC(=O)CCCNC(=O)c1cccc(OCc2cccc(C)c2)c1. The van der Waals surface area contributed by atoms with Crippen molar-refractivity contribution < 1.29 is 19.1 Å². The third-order valence-electron chi connectivity index (χ3n) is 3.73. The van der Waals surface area contributed by atoms with Gasteiger partial charge in [0.25, 0.3) is 5.91 Å². The van der Waals surface area contributed by atoms with Crippen molar-refractivity contribution in [2.45, 2.75) is 33.3 Å². The first kappa shape index (κ1) is 19.5. The van der Waals surface area contributed by atoms with E-state index in [0.29, 0.717) is 43.9 Å². The van der Waals surface area contributed by atoms with Crippen molar-refractivity contribution in [1.82, 2.24) is 5.32 Å². The minimum Gasteiger partial charge on any atom is -0.489 e. The summed E-state index contributed by atoms with van der Waals surface area (Å²) in [5.74, 6) is 0.217. The molecule has 0 aromatic heterocycles. The molecule has 26 heavy (non-hydrogen) atoms. The van der Waals surface area contributed by atoms with E-state index in [9.17, 15) is 9.59 Å². The molecule has 0 bridgehead atoms. The molecule has 0 radical (unpaired) electrons. The van der Waals surface area contributed by atoms with Gasteiger partial charge in [0.1, 0.15) is 12.4 Å². The van der Waals surface area contributed by atoms with Crippen LogP contribution in [0.25, 0.3) is 0 Å². The predicted molar refractivity (Wildman–Crippen MR) is 100 cm³/mol. The molecule has 5 heteroatoms. The van der Waals surface area contributed by atoms with Gasteiger partial charge in [-0.2, -0.15) is 0 Å². The van der Waals surface area contributed by atoms with E-state index in [1.165, 1.54) is 5.56 Å². The fraction of sp³-hybridized carbons (Fsp3) is 0.333. The zero-order valence-electron chi connectivity index (χ0n) is 15.3. The van der Waals surface area contributed by atoms with Gasteiger partial charge in [-0.05, 0) is 44.0 Å². The van der Waals surface area contributed by atoms with Gasteiger partial charge in [0.2, 0.25) is 0 Å². The molecular formula is C21H25NO4. The summed E-state index contributed by atoms with van der Waals surface area (Å²) in [6.45, 7) is 5.06. The molecule has 1 N–H and O–H groups in total. The van der Waals surface area contributed by atoms with Gasteiger partial charge in [-0.1, -0.05) is 35.9 Å². The Balaban J connectivity index is 1.81. The molecule has 0 unspecified atom stereocenters. The number of ether oxygens (including phenoxy) is 2. The van der Waals surface area contributed by atoms with Gasteiger partial charge in [0.15, 0.2) is 0 Å². The highest BCUT2D eigenvalue weighted by molar-refractivity contribution is 5.94. The second-order valence-corrected chi connectivity index (χ2v) is 5.97. The first-order chi connectivity index (χ1) is 12.6. The van der Waals surface area contributed by atoms with E-state index in [1.54, 1.807) is 25.1 Å². The second-order valence-electron chi connectivity index (χ2n) is 5.97. The third kappa shape index (κ3) is 6.59. The maximum Gasteiger partial charge on any atom is 0.305 e. The van der Waals surface area contributed by atoms with Crippen LogP contribution in [0.5, 0.6) is 5.75 Å². The number of hydrogen-bond acceptors (Lipinski definition) is 4. The second kappa shape index (κ2) is 10.2. The molecule has 0 aliphatic rings. The van der Waals surface area contributed by atoms with Crippen LogP contribution in [0.2, 0.25) is 0 Å². The summed E-state index contributed by atoms with van der Waals surface area (Å²) in [4.78, 5) is 23.5. The Hall–Kier alpha value is -2.82. The van der Waals surface area contributed by atoms with Gasteiger partial charge in [-0.15, -0.1) is 0 Å². The summed E-state index contributed by atoms with van der Waals surface area (Å²) < 4.78 is 10.6. The molecule has 0 atom stereocenters. The summed E-state index contributed by atoms with van der Waals surface area (Å²) in [5.41, 5.74) is 2.80. The van der Waals surface area contributed by atoms with Crippen LogP contribution in [0.15, 0.2) is 48.5 Å². The average molecular weight is 355 g/mol. The van der Waals surface area contributed by atoms with Crippen molar-refractivity contribution >= 4 is 11.9 Å². The highest BCUT2D eigenvalue weighted by Gasteiger charge is 2.07. The van der Waals surface area contributed by atoms with Crippen LogP contribution in [0, 0.1) is 6.92 Å². The third-order valence-corrected chi connectivity index (χ3v) is 3.73. The molecule has 0 heterocycles. The van der Waals surface area contributed by atoms with E-state index in [4.69, 9.17) is 9.47 Å². The molecule has 2 aromatic rings. The van der Waals surface area contributed by atoms with Gasteiger partial charge in [0, 0.05) is 18.5 Å². The molecule has 5 nitrogen and oxygen atoms in total. The van der Waals surface area contributed by atoms with Crippen LogP contribution in [0.3, 0.4) is 0 Å². The van der Waals surface area contributed by atoms with Crippen molar-refractivity contribution in [3.63, 3.8) is 0 Å². The molecular weight excluding hydrogens is 330 g/mol. The predicted octanol–water partition coefficient (Wildman–Crippen LogP) is 3.65. The van der Waals surface area contributed by atoms with Crippen molar-refractivity contribution in [3.05, 3.63) is 65.2 Å². The summed E-state index contributed by atoms with van der Waals surface area (Å²) in [6, 6.07) is 15.2. The maximum atomic E-state index is 12.2. The van der Waals surface area contributed by atoms with Crippen LogP contribution < -0.4 is 10.1 Å². The summed E-state index contributed by atoms with van der Waals surface area (Å²) in [7, 11) is 0. The Morgan fingerprint density at radius 1 is 1.08 bits per heavy atom. The minimum absolute atomic E-state index is 0.185. The highest BCUT2D eigenvalue weighted by atomic mass is 16.5. The quantitative estimate of drug-likeness (QED) is 0.551. The van der Waals surface area contributed by atoms with Crippen LogP contribution in [0.4, 0.5) is 0 Å². The van der Waals surface area contributed by atoms with Gasteiger partial charge in [-0.3, -0.25) is 9.59 Å². The Morgan fingerprint density at radius 2 is 1.88 bits per heavy atom. The van der Waals surface area contributed by atoms with E-state index in [2.05, 4.69) is 11.4 Å². The topological polar surface area (TPSA) is 64.6 Å². The zero-order chi connectivity index (χ0) is 18.8. The summed E-state index contributed by atoms with van der Waals surface area (Å²) in [5, 5.41) is 2.80. The smallest absolute Gasteiger partial charge is 0.305 e. The van der Waals surface area contributed by atoms with Crippen LogP contribution >= 0.6 is 0 Å². The first-order valence-electron chi connectivity index (χ1n) is 8.80. The van der Waals surface area contributed by atoms with E-state index in [1.807, 2.05) is 31.2 Å². The number of benzene rings is 2. The normalized spacial score (nSPS) is 10.2. The van der Waals surface area contributed by atoms with Crippen LogP contribution in [0.1, 0.15) is 41.3 Å². The lowest BCUT2D eigenvalue weighted by molar-refractivity contribution is -0.143. The molecule has 138 valence electrons. The number of amides is 1. The number of aryl methyl sites for hydroxylation is 1. The molecule has 0 aliphatic heterocycles. The molecule has 0 saturated heterocycles. The molecule has 0 spiro atoms. The van der Waals surface area contributed by atoms with E-state index in [0.717, 1.165) is 5.56 Å². The molecule has 0 fully saturated rings. The van der Waals surface area contributed by atoms with Gasteiger partial charge >= 0.3 is 5.97 Å². The molecule has 0 aliphatic carbocycles. The van der Waals surface area contributed by atoms with E-state index in [-0.39, 0.29) is 11.9 Å². The molecule has 1 amide bonds. The average Bonchev–Trinajstić information content (AvgIpc) is 2.64. The van der Waals surface area contributed by atoms with Gasteiger partial charge in [-0.25, -0.2) is 0 Å². The van der Waals surface area contributed by atoms with E-state index < -0.39 is 0 Å². The Morgan fingerprint density at radius 3 is 2.65 bits per heavy atom. The van der Waals surface area contributed by atoms with Gasteiger partial charge in [0.05, 0.1) is 6.61 Å². The fourth-order valence-electron chi connectivity index (χ4n) is 2.47. The van der Waals surface area contributed by atoms with Crippen molar-refractivity contribution in [1.29, 1.82) is 0 Å². The van der Waals surface area contributed by atoms with E-state index >= 15 is 0 Å². The largest absolute Gasteiger partial charge is 0.489 e. The Kier molecular flexibility index (Phi) is 7.68. The standard InChI is InChI=1S/C21H25NO4/c1-3-25-20(23)11-6-12-22-21(24)18-9-5-10-19(14-18)26-15-17-8-4-7-16(2)13-17/h4-5,7-10,13-14H,3,6,11-12,15H2,1-2H3,(H,22,24). The van der Waals surface area contributed by atoms with Crippen molar-refractivity contribution in [3.8, 4) is 5.75 Å². The monoisotopic (exact) mass is 355 g/mol. The number of carbonyl (C=O) groups is 2. The number of hydrogen-bond donors (Lipinski definition) is 1. The Bertz CT molecular complexity index is 742. The number of carbonyl (C=O) groups excluding carboxylic acids is 2. The molecule has 0 saturated carbocycles. The first-order valence-corrected chi connectivity index (χ1v) is 8.80. The number of rotatable bonds is 9. The number of nitrogens with one attached hydrogen (secondary N) is 1. The van der Waals surface area contributed by atoms with Crippen molar-refractivity contribution in [2.24, 2.45) is 0 Å². The molecule has 2 rings (SSSR count). The zero-order valence-corrected chi connectivity index (χ0v) is 15.3. The lowest BCUT2D eigenvalue weighted by atomic mass is 10.1. The van der Waals surface area contributed by atoms with Crippen LogP contribution in [-0.2, 0) is 16.1 Å². The van der Waals surface area contributed by atoms with Crippen LogP contribution in [-0.4, -0.2) is 25.0 Å². The number of esters is 1. The lowest BCUT2D eigenvalue weighted by Crippen LogP contribution is -2.25. The summed E-state index contributed by atoms with van der Waals surface area (Å²) >= 11 is 0. The van der Waals surface area contributed by atoms with Gasteiger partial charge < -0.3 is 14.8 Å². The highest BCUT2D eigenvalue weighted by Crippen LogP contribution is 2.16. The molecule has 2 aromatic carbocycles. The fourth-order valence-corrected chi connectivity index (χ4v) is 2.47. The minimum atomic E-state index is -0.242.